The van der Waals surface area contributed by atoms with Gasteiger partial charge in [0.05, 0.1) is 29.3 Å². The molecule has 1 aliphatic heterocycles. The van der Waals surface area contributed by atoms with Crippen molar-refractivity contribution in [3.63, 3.8) is 0 Å². The lowest BCUT2D eigenvalue weighted by atomic mass is 9.87. The standard InChI is InChI=1S/C33H49N5O5S/c1-24-31(15-16-32(34-24)43-5)35-25(2)36-33(39)30(23-26-9-6-7-10-26)27-11-13-29(14-12-27)44(40,41)38(19-8-22-42-4)28-17-20-37(3)21-18-28/h11-16,26,28,30H,6-10,17-23H2,1-5H3,(H,35,36,39). The maximum atomic E-state index is 14.0. The first-order valence-corrected chi connectivity index (χ1v) is 17.2. The number of nitrogens with zero attached hydrogens (tertiary/aromatic N) is 4. The van der Waals surface area contributed by atoms with Gasteiger partial charge in [-0.3, -0.25) is 4.79 Å². The third-order valence-corrected chi connectivity index (χ3v) is 10.9. The Morgan fingerprint density at radius 2 is 1.77 bits per heavy atom. The molecule has 1 saturated heterocycles. The molecule has 1 aromatic heterocycles. The maximum absolute atomic E-state index is 14.0. The Bertz CT molecular complexity index is 1370. The number of aryl methyl sites for hydroxylation is 1. The van der Waals surface area contributed by atoms with Crippen LogP contribution in [-0.2, 0) is 19.6 Å². The van der Waals surface area contributed by atoms with E-state index in [9.17, 15) is 13.2 Å². The summed E-state index contributed by atoms with van der Waals surface area (Å²) in [6, 6.07) is 10.5. The van der Waals surface area contributed by atoms with Gasteiger partial charge in [-0.05, 0) is 89.3 Å². The number of likely N-dealkylation sites (tertiary alicyclic amines) is 1. The summed E-state index contributed by atoms with van der Waals surface area (Å²) in [4.78, 5) is 25.2. The molecule has 10 nitrogen and oxygen atoms in total. The van der Waals surface area contributed by atoms with E-state index in [2.05, 4.69) is 27.2 Å². The molecule has 1 saturated carbocycles. The maximum Gasteiger partial charge on any atom is 0.243 e. The minimum Gasteiger partial charge on any atom is -0.481 e. The summed E-state index contributed by atoms with van der Waals surface area (Å²) < 4.78 is 40.0. The van der Waals surface area contributed by atoms with Crippen molar-refractivity contribution < 1.29 is 22.7 Å². The van der Waals surface area contributed by atoms with E-state index in [1.807, 2.05) is 25.1 Å². The Hall–Kier alpha value is -2.86. The van der Waals surface area contributed by atoms with E-state index in [1.54, 1.807) is 43.6 Å². The zero-order valence-corrected chi connectivity index (χ0v) is 27.7. The number of aromatic nitrogens is 1. The number of rotatable bonds is 13. The number of nitrogens with one attached hydrogen (secondary N) is 1. The molecule has 4 rings (SSSR count). The first-order chi connectivity index (χ1) is 21.1. The number of carbonyl (C=O) groups excluding carboxylic acids is 1. The minimum atomic E-state index is -3.72. The number of carbonyl (C=O) groups is 1. The van der Waals surface area contributed by atoms with Crippen LogP contribution in [0.1, 0.15) is 75.5 Å². The second kappa shape index (κ2) is 15.9. The van der Waals surface area contributed by atoms with Crippen molar-refractivity contribution in [2.75, 3.05) is 47.5 Å². The predicted molar refractivity (Wildman–Crippen MR) is 173 cm³/mol. The fourth-order valence-electron chi connectivity index (χ4n) is 6.36. The molecular formula is C33H49N5O5S. The van der Waals surface area contributed by atoms with Crippen LogP contribution in [0.15, 0.2) is 46.3 Å². The molecule has 44 heavy (non-hydrogen) atoms. The van der Waals surface area contributed by atoms with Gasteiger partial charge in [0.25, 0.3) is 0 Å². The van der Waals surface area contributed by atoms with Crippen molar-refractivity contribution in [2.45, 2.75) is 82.1 Å². The second-order valence-electron chi connectivity index (χ2n) is 12.1. The highest BCUT2D eigenvalue weighted by molar-refractivity contribution is 7.89. The number of amidine groups is 1. The molecule has 2 fully saturated rings. The number of ether oxygens (including phenoxy) is 2. The fraction of sp³-hybridized carbons (Fsp3) is 0.606. The highest BCUT2D eigenvalue weighted by Gasteiger charge is 2.34. The summed E-state index contributed by atoms with van der Waals surface area (Å²) in [5.41, 5.74) is 2.17. The van der Waals surface area contributed by atoms with Crippen LogP contribution < -0.4 is 10.1 Å². The molecule has 2 aliphatic rings. The molecule has 11 heteroatoms. The number of benzene rings is 1. The Morgan fingerprint density at radius 3 is 2.39 bits per heavy atom. The van der Waals surface area contributed by atoms with Gasteiger partial charge in [-0.25, -0.2) is 18.4 Å². The van der Waals surface area contributed by atoms with Crippen LogP contribution in [-0.4, -0.2) is 87.9 Å². The molecule has 242 valence electrons. The van der Waals surface area contributed by atoms with E-state index in [0.29, 0.717) is 55.0 Å². The lowest BCUT2D eigenvalue weighted by molar-refractivity contribution is -0.121. The van der Waals surface area contributed by atoms with E-state index in [1.165, 1.54) is 12.8 Å². The topological polar surface area (TPSA) is 113 Å². The summed E-state index contributed by atoms with van der Waals surface area (Å²) in [6.07, 6.45) is 7.52. The number of pyridine rings is 1. The quantitative estimate of drug-likeness (QED) is 0.188. The summed E-state index contributed by atoms with van der Waals surface area (Å²) in [7, 11) is 1.55. The number of hydrogen-bond donors (Lipinski definition) is 1. The normalized spacial score (nSPS) is 18.1. The number of sulfonamides is 1. The van der Waals surface area contributed by atoms with E-state index in [-0.39, 0.29) is 16.8 Å². The molecule has 1 aliphatic carbocycles. The molecule has 1 N–H and O–H groups in total. The lowest BCUT2D eigenvalue weighted by Crippen LogP contribution is -2.47. The van der Waals surface area contributed by atoms with Crippen molar-refractivity contribution in [3.8, 4) is 5.88 Å². The number of aliphatic imine (C=N–C) groups is 1. The first-order valence-electron chi connectivity index (χ1n) is 15.8. The van der Waals surface area contributed by atoms with E-state index < -0.39 is 15.9 Å². The summed E-state index contributed by atoms with van der Waals surface area (Å²) >= 11 is 0. The van der Waals surface area contributed by atoms with E-state index in [0.717, 1.165) is 44.3 Å². The fourth-order valence-corrected chi connectivity index (χ4v) is 8.09. The van der Waals surface area contributed by atoms with Gasteiger partial charge >= 0.3 is 0 Å². The number of hydrogen-bond acceptors (Lipinski definition) is 8. The Kier molecular flexibility index (Phi) is 12.3. The average Bonchev–Trinajstić information content (AvgIpc) is 3.53. The Morgan fingerprint density at radius 1 is 1.09 bits per heavy atom. The van der Waals surface area contributed by atoms with Gasteiger partial charge in [-0.1, -0.05) is 37.8 Å². The smallest absolute Gasteiger partial charge is 0.243 e. The highest BCUT2D eigenvalue weighted by Crippen LogP contribution is 2.35. The summed E-state index contributed by atoms with van der Waals surface area (Å²) in [5, 5.41) is 3.00. The van der Waals surface area contributed by atoms with Gasteiger partial charge in [0.1, 0.15) is 5.84 Å². The average molecular weight is 628 g/mol. The lowest BCUT2D eigenvalue weighted by Gasteiger charge is -2.36. The Balaban J connectivity index is 1.55. The molecule has 2 heterocycles. The molecule has 1 unspecified atom stereocenters. The second-order valence-corrected chi connectivity index (χ2v) is 14.0. The SMILES string of the molecule is COCCCN(C1CCN(C)CC1)S(=O)(=O)c1ccc(C(CC2CCCC2)C(=O)N/C(C)=N/c2ccc(OC)nc2C)cc1. The van der Waals surface area contributed by atoms with Crippen LogP contribution >= 0.6 is 0 Å². The summed E-state index contributed by atoms with van der Waals surface area (Å²) in [6.45, 7) is 6.28. The van der Waals surface area contributed by atoms with Gasteiger partial charge < -0.3 is 19.7 Å². The third-order valence-electron chi connectivity index (χ3n) is 8.91. The van der Waals surface area contributed by atoms with Crippen LogP contribution in [0.3, 0.4) is 0 Å². The van der Waals surface area contributed by atoms with Crippen molar-refractivity contribution in [1.29, 1.82) is 0 Å². The van der Waals surface area contributed by atoms with Gasteiger partial charge in [0.15, 0.2) is 0 Å². The number of amides is 1. The molecular weight excluding hydrogens is 578 g/mol. The molecule has 0 spiro atoms. The Labute approximate surface area is 263 Å². The van der Waals surface area contributed by atoms with Gasteiger partial charge in [-0.2, -0.15) is 4.31 Å². The van der Waals surface area contributed by atoms with Crippen molar-refractivity contribution in [2.24, 2.45) is 10.9 Å². The monoisotopic (exact) mass is 627 g/mol. The minimum absolute atomic E-state index is 0.0413. The van der Waals surface area contributed by atoms with Crippen molar-refractivity contribution >= 4 is 27.5 Å². The molecule has 1 amide bonds. The van der Waals surface area contributed by atoms with Crippen molar-refractivity contribution in [1.82, 2.24) is 19.5 Å². The molecule has 2 aromatic rings. The number of piperidine rings is 1. The molecule has 1 atom stereocenters. The molecule has 0 bridgehead atoms. The van der Waals surface area contributed by atoms with Gasteiger partial charge in [0, 0.05) is 32.4 Å². The highest BCUT2D eigenvalue weighted by atomic mass is 32.2. The number of methoxy groups -OCH3 is 2. The van der Waals surface area contributed by atoms with Crippen LogP contribution in [0.2, 0.25) is 0 Å². The zero-order chi connectivity index (χ0) is 31.7. The van der Waals surface area contributed by atoms with Crippen LogP contribution in [0.25, 0.3) is 0 Å². The summed E-state index contributed by atoms with van der Waals surface area (Å²) in [5.74, 6) is 0.891. The van der Waals surface area contributed by atoms with Crippen LogP contribution in [0.5, 0.6) is 5.88 Å². The first kappa shape index (κ1) is 34.0. The van der Waals surface area contributed by atoms with E-state index >= 15 is 0 Å². The van der Waals surface area contributed by atoms with Crippen LogP contribution in [0.4, 0.5) is 5.69 Å². The van der Waals surface area contributed by atoms with E-state index in [4.69, 9.17) is 9.47 Å². The zero-order valence-electron chi connectivity index (χ0n) is 26.9. The van der Waals surface area contributed by atoms with Gasteiger partial charge in [-0.15, -0.1) is 0 Å². The van der Waals surface area contributed by atoms with Crippen LogP contribution in [0, 0.1) is 12.8 Å². The van der Waals surface area contributed by atoms with Gasteiger partial charge in [0.2, 0.25) is 21.8 Å². The predicted octanol–water partition coefficient (Wildman–Crippen LogP) is 5.05. The molecule has 1 aromatic carbocycles. The third kappa shape index (κ3) is 8.87. The molecule has 0 radical (unpaired) electrons. The largest absolute Gasteiger partial charge is 0.481 e. The van der Waals surface area contributed by atoms with Crippen molar-refractivity contribution in [3.05, 3.63) is 47.7 Å².